The number of benzene rings is 1. The van der Waals surface area contributed by atoms with E-state index in [1.54, 1.807) is 18.2 Å². The van der Waals surface area contributed by atoms with Gasteiger partial charge >= 0.3 is 5.97 Å². The first-order valence-electron chi connectivity index (χ1n) is 6.35. The number of halogens is 1. The number of nitrogens with zero attached hydrogens (tertiary/aromatic N) is 3. The van der Waals surface area contributed by atoms with Crippen LogP contribution < -0.4 is 0 Å². The van der Waals surface area contributed by atoms with Gasteiger partial charge in [-0.15, -0.1) is 0 Å². The first-order valence-corrected chi connectivity index (χ1v) is 6.72. The van der Waals surface area contributed by atoms with Crippen LogP contribution in [0.4, 0.5) is 0 Å². The molecule has 2 aromatic heterocycles. The van der Waals surface area contributed by atoms with E-state index in [4.69, 9.17) is 16.3 Å². The van der Waals surface area contributed by atoms with Crippen LogP contribution in [0.2, 0.25) is 5.02 Å². The molecule has 3 rings (SSSR count). The van der Waals surface area contributed by atoms with Crippen LogP contribution in [0.5, 0.6) is 0 Å². The highest BCUT2D eigenvalue weighted by Crippen LogP contribution is 2.14. The number of hydrogen-bond donors (Lipinski definition) is 0. The molecule has 0 spiro atoms. The third-order valence-electron chi connectivity index (χ3n) is 3.05. The molecule has 6 heteroatoms. The van der Waals surface area contributed by atoms with Gasteiger partial charge < -0.3 is 4.74 Å². The van der Waals surface area contributed by atoms with Gasteiger partial charge in [0.1, 0.15) is 0 Å². The van der Waals surface area contributed by atoms with Crippen LogP contribution in [-0.4, -0.2) is 27.7 Å². The van der Waals surface area contributed by atoms with Crippen molar-refractivity contribution in [3.63, 3.8) is 0 Å². The summed E-state index contributed by atoms with van der Waals surface area (Å²) in [5.41, 5.74) is 1.97. The second-order valence-electron chi connectivity index (χ2n) is 4.51. The number of methoxy groups -OCH3 is 1. The Morgan fingerprint density at radius 2 is 2.10 bits per heavy atom. The molecule has 0 fully saturated rings. The lowest BCUT2D eigenvalue weighted by Crippen LogP contribution is -2.08. The summed E-state index contributed by atoms with van der Waals surface area (Å²) in [5, 5.41) is 5.04. The van der Waals surface area contributed by atoms with Crippen molar-refractivity contribution in [3.05, 3.63) is 64.6 Å². The molecule has 0 unspecified atom stereocenters. The molecule has 5 nitrogen and oxygen atoms in total. The lowest BCUT2D eigenvalue weighted by Gasteiger charge is -2.00. The van der Waals surface area contributed by atoms with Crippen LogP contribution in [-0.2, 0) is 11.2 Å². The van der Waals surface area contributed by atoms with E-state index in [9.17, 15) is 4.79 Å². The van der Waals surface area contributed by atoms with Crippen molar-refractivity contribution in [3.8, 4) is 0 Å². The molecule has 0 amide bonds. The van der Waals surface area contributed by atoms with Crippen LogP contribution in [0.25, 0.3) is 5.65 Å². The molecule has 3 aromatic rings. The topological polar surface area (TPSA) is 56.5 Å². The molecule has 0 bridgehead atoms. The monoisotopic (exact) mass is 301 g/mol. The first-order chi connectivity index (χ1) is 10.2. The Bertz CT molecular complexity index is 814. The minimum atomic E-state index is -0.445. The maximum absolute atomic E-state index is 11.7. The van der Waals surface area contributed by atoms with E-state index >= 15 is 0 Å². The average molecular weight is 302 g/mol. The number of carbonyl (C=O) groups excluding carboxylic acids is 1. The summed E-state index contributed by atoms with van der Waals surface area (Å²) < 4.78 is 6.23. The van der Waals surface area contributed by atoms with E-state index in [-0.39, 0.29) is 0 Å². The Kier molecular flexibility index (Phi) is 3.58. The molecule has 0 aliphatic carbocycles. The van der Waals surface area contributed by atoms with Crippen LogP contribution >= 0.6 is 11.6 Å². The number of pyridine rings is 1. The highest BCUT2D eigenvalue weighted by molar-refractivity contribution is 6.30. The zero-order valence-corrected chi connectivity index (χ0v) is 12.0. The molecule has 0 aliphatic rings. The number of hydrogen-bond acceptors (Lipinski definition) is 4. The van der Waals surface area contributed by atoms with Gasteiger partial charge in [-0.2, -0.15) is 5.10 Å². The van der Waals surface area contributed by atoms with Gasteiger partial charge in [-0.3, -0.25) is 0 Å². The highest BCUT2D eigenvalue weighted by atomic mass is 35.5. The van der Waals surface area contributed by atoms with Crippen molar-refractivity contribution in [1.82, 2.24) is 14.6 Å². The maximum atomic E-state index is 11.7. The standard InChI is InChI=1S/C15H12ClN3O2/c1-21-15(20)12-6-3-7-14-17-13(18-19(12)14)9-10-4-2-5-11(16)8-10/h2-8H,9H2,1H3. The number of carbonyl (C=O) groups is 1. The van der Waals surface area contributed by atoms with Gasteiger partial charge in [0.05, 0.1) is 7.11 Å². The summed E-state index contributed by atoms with van der Waals surface area (Å²) in [7, 11) is 1.34. The third kappa shape index (κ3) is 2.73. The Hall–Kier alpha value is -2.40. The van der Waals surface area contributed by atoms with Crippen LogP contribution in [0.3, 0.4) is 0 Å². The number of esters is 1. The van der Waals surface area contributed by atoms with Crippen molar-refractivity contribution < 1.29 is 9.53 Å². The van der Waals surface area contributed by atoms with Crippen molar-refractivity contribution in [1.29, 1.82) is 0 Å². The summed E-state index contributed by atoms with van der Waals surface area (Å²) in [6.07, 6.45) is 0.544. The zero-order valence-electron chi connectivity index (χ0n) is 11.3. The fourth-order valence-electron chi connectivity index (χ4n) is 2.11. The predicted molar refractivity (Wildman–Crippen MR) is 78.6 cm³/mol. The zero-order chi connectivity index (χ0) is 14.8. The Morgan fingerprint density at radius 1 is 1.29 bits per heavy atom. The number of fused-ring (bicyclic) bond motifs is 1. The SMILES string of the molecule is COC(=O)c1cccc2nc(Cc3cccc(Cl)c3)nn12. The number of rotatable bonds is 3. The molecule has 0 atom stereocenters. The van der Waals surface area contributed by atoms with E-state index in [2.05, 4.69) is 10.1 Å². The van der Waals surface area contributed by atoms with Crippen LogP contribution in [0.15, 0.2) is 42.5 Å². The maximum Gasteiger partial charge on any atom is 0.356 e. The van der Waals surface area contributed by atoms with E-state index in [1.807, 2.05) is 24.3 Å². The molecule has 0 saturated carbocycles. The van der Waals surface area contributed by atoms with Crippen LogP contribution in [0, 0.1) is 0 Å². The van der Waals surface area contributed by atoms with Gasteiger partial charge in [0.15, 0.2) is 17.2 Å². The van der Waals surface area contributed by atoms with E-state index < -0.39 is 5.97 Å². The number of aromatic nitrogens is 3. The van der Waals surface area contributed by atoms with E-state index in [0.717, 1.165) is 5.56 Å². The highest BCUT2D eigenvalue weighted by Gasteiger charge is 2.13. The Balaban J connectivity index is 1.99. The van der Waals surface area contributed by atoms with Crippen molar-refractivity contribution in [2.24, 2.45) is 0 Å². The average Bonchev–Trinajstić information content (AvgIpc) is 2.88. The molecule has 106 valence electrons. The molecule has 21 heavy (non-hydrogen) atoms. The Morgan fingerprint density at radius 3 is 2.86 bits per heavy atom. The van der Waals surface area contributed by atoms with Gasteiger partial charge in [-0.25, -0.2) is 14.3 Å². The molecule has 0 radical (unpaired) electrons. The van der Waals surface area contributed by atoms with Crippen molar-refractivity contribution in [2.45, 2.75) is 6.42 Å². The summed E-state index contributed by atoms with van der Waals surface area (Å²) in [5.74, 6) is 0.174. The molecule has 1 aromatic carbocycles. The fraction of sp³-hybridized carbons (Fsp3) is 0.133. The molecular formula is C15H12ClN3O2. The van der Waals surface area contributed by atoms with Gasteiger partial charge in [0.25, 0.3) is 0 Å². The Labute approximate surface area is 126 Å². The largest absolute Gasteiger partial charge is 0.464 e. The summed E-state index contributed by atoms with van der Waals surface area (Å²) >= 11 is 5.97. The fourth-order valence-corrected chi connectivity index (χ4v) is 2.33. The molecule has 0 saturated heterocycles. The first kappa shape index (κ1) is 13.6. The summed E-state index contributed by atoms with van der Waals surface area (Å²) in [6.45, 7) is 0. The van der Waals surface area contributed by atoms with Crippen molar-refractivity contribution in [2.75, 3.05) is 7.11 Å². The lowest BCUT2D eigenvalue weighted by molar-refractivity contribution is 0.0591. The van der Waals surface area contributed by atoms with Gasteiger partial charge in [0, 0.05) is 11.4 Å². The second kappa shape index (κ2) is 5.54. The van der Waals surface area contributed by atoms with E-state index in [1.165, 1.54) is 11.6 Å². The quantitative estimate of drug-likeness (QED) is 0.698. The summed E-state index contributed by atoms with van der Waals surface area (Å²) in [6, 6.07) is 12.7. The van der Waals surface area contributed by atoms with Crippen molar-refractivity contribution >= 4 is 23.2 Å². The molecule has 2 heterocycles. The normalized spacial score (nSPS) is 10.8. The third-order valence-corrected chi connectivity index (χ3v) is 3.28. The second-order valence-corrected chi connectivity index (χ2v) is 4.94. The predicted octanol–water partition coefficient (Wildman–Crippen LogP) is 2.76. The van der Waals surface area contributed by atoms with Crippen LogP contribution in [0.1, 0.15) is 21.9 Å². The smallest absolute Gasteiger partial charge is 0.356 e. The van der Waals surface area contributed by atoms with Gasteiger partial charge in [-0.1, -0.05) is 29.8 Å². The molecule has 0 aliphatic heterocycles. The number of ether oxygens (including phenoxy) is 1. The minimum Gasteiger partial charge on any atom is -0.464 e. The molecule has 0 N–H and O–H groups in total. The van der Waals surface area contributed by atoms with Gasteiger partial charge in [0.2, 0.25) is 0 Å². The van der Waals surface area contributed by atoms with Gasteiger partial charge in [-0.05, 0) is 29.8 Å². The summed E-state index contributed by atoms with van der Waals surface area (Å²) in [4.78, 5) is 16.1. The molecular weight excluding hydrogens is 290 g/mol. The minimum absolute atomic E-state index is 0.347. The lowest BCUT2D eigenvalue weighted by atomic mass is 10.1. The van der Waals surface area contributed by atoms with E-state index in [0.29, 0.717) is 28.6 Å².